The molecule has 0 radical (unpaired) electrons. The maximum absolute atomic E-state index is 12.3. The number of nitrogens with two attached hydrogens (primary N) is 1. The molecule has 0 aliphatic heterocycles. The van der Waals surface area contributed by atoms with Gasteiger partial charge in [-0.3, -0.25) is 9.59 Å². The van der Waals surface area contributed by atoms with Gasteiger partial charge in [0.15, 0.2) is 5.78 Å². The highest BCUT2D eigenvalue weighted by Crippen LogP contribution is 2.32. The fourth-order valence-corrected chi connectivity index (χ4v) is 2.77. The lowest BCUT2D eigenvalue weighted by atomic mass is 10.0. The van der Waals surface area contributed by atoms with E-state index in [2.05, 4.69) is 21.2 Å². The van der Waals surface area contributed by atoms with E-state index in [0.717, 1.165) is 17.3 Å². The van der Waals surface area contributed by atoms with Crippen molar-refractivity contribution in [3.8, 4) is 5.75 Å². The summed E-state index contributed by atoms with van der Waals surface area (Å²) in [6, 6.07) is 5.30. The van der Waals surface area contributed by atoms with Gasteiger partial charge in [-0.1, -0.05) is 15.9 Å². The summed E-state index contributed by atoms with van der Waals surface area (Å²) < 4.78 is 5.99. The van der Waals surface area contributed by atoms with Crippen LogP contribution in [-0.2, 0) is 4.79 Å². The molecule has 5 nitrogen and oxygen atoms in total. The van der Waals surface area contributed by atoms with E-state index in [1.54, 1.807) is 12.1 Å². The van der Waals surface area contributed by atoms with Gasteiger partial charge in [-0.15, -0.1) is 0 Å². The molecule has 0 bridgehead atoms. The Balaban J connectivity index is 1.89. The average molecular weight is 369 g/mol. The highest BCUT2D eigenvalue weighted by molar-refractivity contribution is 9.10. The van der Waals surface area contributed by atoms with Crippen molar-refractivity contribution >= 4 is 27.6 Å². The number of rotatable bonds is 8. The highest BCUT2D eigenvalue weighted by atomic mass is 79.9. The molecule has 1 saturated carbocycles. The first-order valence-electron chi connectivity index (χ1n) is 7.41. The lowest BCUT2D eigenvalue weighted by Gasteiger charge is -2.15. The molecule has 22 heavy (non-hydrogen) atoms. The summed E-state index contributed by atoms with van der Waals surface area (Å²) in [5, 5.41) is 2.92. The lowest BCUT2D eigenvalue weighted by molar-refractivity contribution is -0.121. The zero-order valence-electron chi connectivity index (χ0n) is 12.6. The molecule has 0 spiro atoms. The number of benzene rings is 1. The van der Waals surface area contributed by atoms with Crippen molar-refractivity contribution in [1.29, 1.82) is 0 Å². The molecule has 2 rings (SSSR count). The topological polar surface area (TPSA) is 81.4 Å². The maximum Gasteiger partial charge on any atom is 0.220 e. The molecule has 1 fully saturated rings. The zero-order valence-corrected chi connectivity index (χ0v) is 14.2. The van der Waals surface area contributed by atoms with E-state index in [0.29, 0.717) is 23.8 Å². The first-order valence-corrected chi connectivity index (χ1v) is 8.20. The van der Waals surface area contributed by atoms with Gasteiger partial charge in [0.2, 0.25) is 5.91 Å². The normalized spacial score (nSPS) is 15.2. The van der Waals surface area contributed by atoms with Crippen molar-refractivity contribution in [3.63, 3.8) is 0 Å². The molecule has 1 aromatic rings. The van der Waals surface area contributed by atoms with Gasteiger partial charge >= 0.3 is 0 Å². The van der Waals surface area contributed by atoms with Crippen molar-refractivity contribution in [2.75, 3.05) is 13.7 Å². The van der Waals surface area contributed by atoms with Crippen LogP contribution in [0.1, 0.15) is 36.0 Å². The summed E-state index contributed by atoms with van der Waals surface area (Å²) in [5.74, 6) is 0.801. The van der Waals surface area contributed by atoms with Gasteiger partial charge in [0.25, 0.3) is 0 Å². The van der Waals surface area contributed by atoms with Gasteiger partial charge < -0.3 is 15.8 Å². The van der Waals surface area contributed by atoms with Gasteiger partial charge in [-0.05, 0) is 37.0 Å². The molecule has 1 aromatic carbocycles. The number of carbonyl (C=O) groups excluding carboxylic acids is 2. The Labute approximate surface area is 138 Å². The predicted octanol–water partition coefficient (Wildman–Crippen LogP) is 2.27. The Kier molecular flexibility index (Phi) is 5.97. The molecule has 120 valence electrons. The molecular weight excluding hydrogens is 348 g/mol. The van der Waals surface area contributed by atoms with Crippen molar-refractivity contribution in [1.82, 2.24) is 5.32 Å². The quantitative estimate of drug-likeness (QED) is 0.689. The smallest absolute Gasteiger partial charge is 0.220 e. The fourth-order valence-electron chi connectivity index (χ4n) is 2.41. The van der Waals surface area contributed by atoms with Crippen LogP contribution in [0.3, 0.4) is 0 Å². The van der Waals surface area contributed by atoms with E-state index < -0.39 is 0 Å². The largest absolute Gasteiger partial charge is 0.496 e. The van der Waals surface area contributed by atoms with Gasteiger partial charge in [0.05, 0.1) is 12.7 Å². The summed E-state index contributed by atoms with van der Waals surface area (Å²) >= 11 is 3.34. The Morgan fingerprint density at radius 2 is 2.14 bits per heavy atom. The Bertz CT molecular complexity index is 558. The average Bonchev–Trinajstić information content (AvgIpc) is 3.35. The lowest BCUT2D eigenvalue weighted by Crippen LogP contribution is -2.41. The zero-order chi connectivity index (χ0) is 16.1. The number of Topliss-reactive ketones (excluding diaryl/α,β-unsaturated/α-hetero) is 1. The van der Waals surface area contributed by atoms with Gasteiger partial charge in [0, 0.05) is 29.9 Å². The third-order valence-corrected chi connectivity index (χ3v) is 4.33. The monoisotopic (exact) mass is 368 g/mol. The number of hydrogen-bond donors (Lipinski definition) is 2. The van der Waals surface area contributed by atoms with Crippen LogP contribution in [0.15, 0.2) is 22.7 Å². The van der Waals surface area contributed by atoms with Crippen LogP contribution in [0, 0.1) is 5.92 Å². The van der Waals surface area contributed by atoms with Crippen molar-refractivity contribution in [3.05, 3.63) is 28.2 Å². The maximum atomic E-state index is 12.3. The molecule has 1 atom stereocenters. The van der Waals surface area contributed by atoms with Crippen molar-refractivity contribution < 1.29 is 14.3 Å². The second-order valence-corrected chi connectivity index (χ2v) is 6.43. The minimum atomic E-state index is -0.121. The Morgan fingerprint density at radius 1 is 1.41 bits per heavy atom. The molecule has 3 N–H and O–H groups in total. The molecule has 6 heteroatoms. The summed E-state index contributed by atoms with van der Waals surface area (Å²) in [6.07, 6.45) is 2.56. The molecule has 1 aliphatic rings. The Morgan fingerprint density at radius 3 is 2.73 bits per heavy atom. The number of carbonyl (C=O) groups is 2. The molecule has 0 saturated heterocycles. The van der Waals surface area contributed by atoms with E-state index in [1.165, 1.54) is 7.11 Å². The number of amides is 1. The first-order chi connectivity index (χ1) is 10.5. The van der Waals surface area contributed by atoms with E-state index in [9.17, 15) is 9.59 Å². The number of nitrogens with one attached hydrogen (secondary N) is 1. The van der Waals surface area contributed by atoms with Crippen LogP contribution in [0.4, 0.5) is 0 Å². The van der Waals surface area contributed by atoms with Gasteiger partial charge in [-0.2, -0.15) is 0 Å². The minimum Gasteiger partial charge on any atom is -0.496 e. The number of ether oxygens (including phenoxy) is 1. The van der Waals surface area contributed by atoms with E-state index in [4.69, 9.17) is 10.5 Å². The second-order valence-electron chi connectivity index (χ2n) is 5.51. The van der Waals surface area contributed by atoms with E-state index in [1.807, 2.05) is 6.07 Å². The van der Waals surface area contributed by atoms with Crippen LogP contribution in [0.25, 0.3) is 0 Å². The van der Waals surface area contributed by atoms with Crippen LogP contribution in [0.5, 0.6) is 5.75 Å². The molecule has 0 heterocycles. The summed E-state index contributed by atoms with van der Waals surface area (Å²) in [6.45, 7) is 0.448. The molecule has 1 unspecified atom stereocenters. The molecule has 1 amide bonds. The standard InChI is InChI=1S/C16H21BrN2O3/c1-22-15-6-4-11(17)8-12(15)14(20)5-7-16(21)19-13(9-18)10-2-3-10/h4,6,8,10,13H,2-3,5,7,9,18H2,1H3,(H,19,21). The van der Waals surface area contributed by atoms with Crippen LogP contribution >= 0.6 is 15.9 Å². The van der Waals surface area contributed by atoms with Crippen LogP contribution < -0.4 is 15.8 Å². The fraction of sp³-hybridized carbons (Fsp3) is 0.500. The second kappa shape index (κ2) is 7.74. The van der Waals surface area contributed by atoms with E-state index >= 15 is 0 Å². The third-order valence-electron chi connectivity index (χ3n) is 3.83. The summed E-state index contributed by atoms with van der Waals surface area (Å²) in [5.41, 5.74) is 6.15. The molecular formula is C16H21BrN2O3. The third kappa shape index (κ3) is 4.55. The van der Waals surface area contributed by atoms with Crippen molar-refractivity contribution in [2.24, 2.45) is 11.7 Å². The number of methoxy groups -OCH3 is 1. The van der Waals surface area contributed by atoms with Crippen LogP contribution in [-0.4, -0.2) is 31.4 Å². The minimum absolute atomic E-state index is 0.0445. The predicted molar refractivity (Wildman–Crippen MR) is 88.0 cm³/mol. The molecule has 1 aliphatic carbocycles. The number of halogens is 1. The highest BCUT2D eigenvalue weighted by Gasteiger charge is 2.31. The summed E-state index contributed by atoms with van der Waals surface area (Å²) in [7, 11) is 1.52. The van der Waals surface area contributed by atoms with E-state index in [-0.39, 0.29) is 30.6 Å². The Hall–Kier alpha value is -1.40. The van der Waals surface area contributed by atoms with Crippen LogP contribution in [0.2, 0.25) is 0 Å². The first kappa shape index (κ1) is 17.0. The molecule has 0 aromatic heterocycles. The number of ketones is 1. The van der Waals surface area contributed by atoms with Gasteiger partial charge in [-0.25, -0.2) is 0 Å². The summed E-state index contributed by atoms with van der Waals surface area (Å²) in [4.78, 5) is 24.2. The SMILES string of the molecule is COc1ccc(Br)cc1C(=O)CCC(=O)NC(CN)C1CC1. The number of hydrogen-bond acceptors (Lipinski definition) is 4. The van der Waals surface area contributed by atoms with Gasteiger partial charge in [0.1, 0.15) is 5.75 Å². The van der Waals surface area contributed by atoms with Crippen molar-refractivity contribution in [2.45, 2.75) is 31.7 Å².